The topological polar surface area (TPSA) is 293 Å². The zero-order valence-electron chi connectivity index (χ0n) is 44.8. The molecule has 0 radical (unpaired) electrons. The summed E-state index contributed by atoms with van der Waals surface area (Å²) in [6, 6.07) is 28.8. The van der Waals surface area contributed by atoms with Gasteiger partial charge >= 0.3 is 17.9 Å². The van der Waals surface area contributed by atoms with Gasteiger partial charge in [0.05, 0.1) is 68.3 Å². The molecule has 2 amide bonds. The lowest BCUT2D eigenvalue weighted by Gasteiger charge is -2.39. The number of hydrogen-bond donors (Lipinski definition) is 4. The van der Waals surface area contributed by atoms with E-state index >= 15 is 0 Å². The third-order valence-corrected chi connectivity index (χ3v) is 15.4. The van der Waals surface area contributed by atoms with Gasteiger partial charge in [0.25, 0.3) is 0 Å². The number of carbonyl (C=O) groups is 5. The second-order valence-corrected chi connectivity index (χ2v) is 20.6. The second kappa shape index (κ2) is 27.8. The number of carbonyl (C=O) groups excluding carboxylic acids is 4. The third kappa shape index (κ3) is 14.2. The monoisotopic (exact) mass is 1070 g/mol. The highest BCUT2D eigenvalue weighted by molar-refractivity contribution is 5.90. The number of esters is 2. The number of nitrogens with one attached hydrogen (secondary N) is 2. The standard InChI is InChI=1S/C27H24N4O2.C16H24N4O4.C15H24N2O4/c1-33-26(32)19-17-23(29-30-28)25-24(18-19)31(25)27(20-11-5-2-6-12-20,21-13-7-3-8-14-21)22-15-9-4-10-16-22;1-10(21)18-15-13(19-20-17)8-11(16(22)23-2)9-14(15)24-12-6-4-3-5-7-12;1-9(18)17-14-12(16)7-10(15(19)20)8-13(14)21-11-5-3-2-4-6-11/h2-16,18,23-25H,17H2,1H3;9,12-15H,3-8H2,1-2H3,(H,18,21);8,11-14H,2-7,16H2,1H3,(H,17,18)(H,19,20)/t23-,24-,25+,31?;13-,14+,15+;12-,13+,14+/m000/s1. The van der Waals surface area contributed by atoms with Crippen LogP contribution in [0.15, 0.2) is 136 Å². The number of hydrogen-bond acceptors (Lipinski definition) is 13. The zero-order chi connectivity index (χ0) is 55.8. The Kier molecular flexibility index (Phi) is 20.8. The maximum atomic E-state index is 12.4. The minimum absolute atomic E-state index is 0.0325. The van der Waals surface area contributed by atoms with E-state index in [4.69, 9.17) is 30.2 Å². The minimum atomic E-state index is -0.969. The molecule has 1 aliphatic heterocycles. The Balaban J connectivity index is 0.000000175. The van der Waals surface area contributed by atoms with Crippen LogP contribution in [-0.2, 0) is 48.5 Å². The number of aliphatic carboxylic acids is 1. The predicted molar refractivity (Wildman–Crippen MR) is 291 cm³/mol. The molecular weight excluding hydrogens is 997 g/mol. The van der Waals surface area contributed by atoms with Crippen LogP contribution in [0.4, 0.5) is 0 Å². The van der Waals surface area contributed by atoms with E-state index in [1.165, 1.54) is 40.9 Å². The fraction of sp³-hybridized carbons (Fsp3) is 0.500. The van der Waals surface area contributed by atoms with Crippen LogP contribution in [0.1, 0.15) is 114 Å². The van der Waals surface area contributed by atoms with Crippen molar-refractivity contribution in [3.63, 3.8) is 0 Å². The van der Waals surface area contributed by atoms with Gasteiger partial charge in [0.1, 0.15) is 0 Å². The van der Waals surface area contributed by atoms with E-state index in [1.807, 2.05) is 60.7 Å². The molecule has 5 N–H and O–H groups in total. The van der Waals surface area contributed by atoms with E-state index in [0.717, 1.165) is 68.1 Å². The quantitative estimate of drug-likeness (QED) is 0.0278. The molecule has 6 aliphatic rings. The summed E-state index contributed by atoms with van der Waals surface area (Å²) in [5, 5.41) is 22.7. The molecule has 20 nitrogen and oxygen atoms in total. The van der Waals surface area contributed by atoms with Crippen LogP contribution in [-0.4, -0.2) is 121 Å². The van der Waals surface area contributed by atoms with E-state index < -0.39 is 47.8 Å². The molecule has 0 spiro atoms. The molecule has 3 aromatic rings. The molecule has 1 heterocycles. The minimum Gasteiger partial charge on any atom is -0.478 e. The second-order valence-electron chi connectivity index (χ2n) is 20.6. The van der Waals surface area contributed by atoms with Crippen molar-refractivity contribution < 1.29 is 48.0 Å². The molecule has 3 aromatic carbocycles. The van der Waals surface area contributed by atoms with Gasteiger partial charge in [0.15, 0.2) is 0 Å². The van der Waals surface area contributed by atoms with Crippen LogP contribution in [0.2, 0.25) is 0 Å². The SMILES string of the molecule is CC(=O)N[C@@H]1[C@@H](N)CC(C(=O)O)=C[C@H]1OC1CCCCC1.COC(=O)C1=C[C@@H](OC2CCCCC2)[C@H](NC(C)=O)[C@@H](N=[N+]=[N-])C1.COC(=O)C1=C[C@H]2[C@@H]([C@@H](N=[N+]=[N-])C1)N2C(c1ccccc1)(c1ccccc1)c1ccccc1. The van der Waals surface area contributed by atoms with Gasteiger partial charge in [-0.1, -0.05) is 146 Å². The number of amides is 2. The molecule has 2 saturated carbocycles. The maximum absolute atomic E-state index is 12.4. The summed E-state index contributed by atoms with van der Waals surface area (Å²) in [6.07, 6.45) is 16.1. The van der Waals surface area contributed by atoms with E-state index in [0.29, 0.717) is 17.6 Å². The van der Waals surface area contributed by atoms with Crippen LogP contribution in [0.3, 0.4) is 0 Å². The lowest BCUT2D eigenvalue weighted by molar-refractivity contribution is -0.137. The summed E-state index contributed by atoms with van der Waals surface area (Å²) in [5.74, 6) is -2.22. The number of nitrogens with two attached hydrogens (primary N) is 1. The van der Waals surface area contributed by atoms with Crippen LogP contribution >= 0.6 is 0 Å². The van der Waals surface area contributed by atoms with Crippen molar-refractivity contribution in [2.24, 2.45) is 16.0 Å². The van der Waals surface area contributed by atoms with Crippen molar-refractivity contribution >= 4 is 29.7 Å². The lowest BCUT2D eigenvalue weighted by Crippen LogP contribution is -2.57. The summed E-state index contributed by atoms with van der Waals surface area (Å²) >= 11 is 0. The lowest BCUT2D eigenvalue weighted by atomic mass is 9.76. The average molecular weight is 1070 g/mol. The van der Waals surface area contributed by atoms with Gasteiger partial charge in [0.2, 0.25) is 11.8 Å². The van der Waals surface area contributed by atoms with E-state index in [-0.39, 0.29) is 72.6 Å². The van der Waals surface area contributed by atoms with Gasteiger partial charge in [-0.25, -0.2) is 14.4 Å². The number of carboxylic acids is 1. The molecule has 0 aromatic heterocycles. The molecule has 9 rings (SSSR count). The molecule has 78 heavy (non-hydrogen) atoms. The smallest absolute Gasteiger partial charge is 0.333 e. The Labute approximate surface area is 455 Å². The Bertz CT molecular complexity index is 2660. The highest BCUT2D eigenvalue weighted by Gasteiger charge is 2.63. The van der Waals surface area contributed by atoms with Crippen molar-refractivity contribution in [3.05, 3.63) is 164 Å². The molecule has 0 bridgehead atoms. The maximum Gasteiger partial charge on any atom is 0.333 e. The molecule has 20 heteroatoms. The molecule has 414 valence electrons. The van der Waals surface area contributed by atoms with Crippen LogP contribution in [0.5, 0.6) is 0 Å². The number of benzene rings is 3. The normalized spacial score (nSPS) is 26.7. The molecule has 1 saturated heterocycles. The number of methoxy groups -OCH3 is 2. The number of ether oxygens (including phenoxy) is 4. The number of rotatable bonds is 15. The fourth-order valence-corrected chi connectivity index (χ4v) is 11.9. The van der Waals surface area contributed by atoms with E-state index in [9.17, 15) is 34.6 Å². The fourth-order valence-electron chi connectivity index (χ4n) is 11.9. The summed E-state index contributed by atoms with van der Waals surface area (Å²) in [7, 11) is 2.69. The molecule has 10 atom stereocenters. The molecule has 1 unspecified atom stereocenters. The third-order valence-electron chi connectivity index (χ3n) is 15.4. The van der Waals surface area contributed by atoms with Crippen molar-refractivity contribution in [2.75, 3.05) is 14.2 Å². The Morgan fingerprint density at radius 3 is 1.45 bits per heavy atom. The number of nitrogens with zero attached hydrogens (tertiary/aromatic N) is 7. The van der Waals surface area contributed by atoms with Crippen molar-refractivity contribution in [1.29, 1.82) is 0 Å². The van der Waals surface area contributed by atoms with E-state index in [2.05, 4.69) is 72.0 Å². The van der Waals surface area contributed by atoms with Crippen molar-refractivity contribution in [3.8, 4) is 0 Å². The van der Waals surface area contributed by atoms with Crippen LogP contribution in [0.25, 0.3) is 20.9 Å². The van der Waals surface area contributed by atoms with Gasteiger partial charge in [0, 0.05) is 58.5 Å². The van der Waals surface area contributed by atoms with Crippen molar-refractivity contribution in [2.45, 2.75) is 170 Å². The Morgan fingerprint density at radius 1 is 0.603 bits per heavy atom. The number of azide groups is 2. The zero-order valence-corrected chi connectivity index (χ0v) is 44.8. The van der Waals surface area contributed by atoms with Crippen molar-refractivity contribution in [1.82, 2.24) is 15.5 Å². The van der Waals surface area contributed by atoms with Gasteiger partial charge in [-0.05, 0) is 84.9 Å². The largest absolute Gasteiger partial charge is 0.478 e. The van der Waals surface area contributed by atoms with Gasteiger partial charge < -0.3 is 40.4 Å². The van der Waals surface area contributed by atoms with Gasteiger partial charge in [-0.15, -0.1) is 0 Å². The van der Waals surface area contributed by atoms with Gasteiger partial charge in [-0.2, -0.15) is 0 Å². The molecule has 3 fully saturated rings. The van der Waals surface area contributed by atoms with Crippen LogP contribution in [0, 0.1) is 0 Å². The average Bonchev–Trinajstić information content (AvgIpc) is 4.37. The first-order valence-corrected chi connectivity index (χ1v) is 26.9. The Hall–Kier alpha value is -7.31. The first-order valence-electron chi connectivity index (χ1n) is 26.9. The Morgan fingerprint density at radius 2 is 1.01 bits per heavy atom. The summed E-state index contributed by atoms with van der Waals surface area (Å²) < 4.78 is 22.0. The summed E-state index contributed by atoms with van der Waals surface area (Å²) in [5.41, 5.74) is 28.1. The van der Waals surface area contributed by atoms with E-state index in [1.54, 1.807) is 12.2 Å². The number of carboxylic acid groups (broad SMARTS) is 1. The first-order chi connectivity index (χ1) is 37.7. The van der Waals surface area contributed by atoms with Gasteiger partial charge in [-0.3, -0.25) is 14.5 Å². The highest BCUT2D eigenvalue weighted by atomic mass is 16.5. The summed E-state index contributed by atoms with van der Waals surface area (Å²) in [6.45, 7) is 2.84. The predicted octanol–water partition coefficient (Wildman–Crippen LogP) is 8.56. The van der Waals surface area contributed by atoms with Crippen LogP contribution < -0.4 is 16.4 Å². The first kappa shape index (κ1) is 58.4. The number of fused-ring (bicyclic) bond motifs is 1. The summed E-state index contributed by atoms with van der Waals surface area (Å²) in [4.78, 5) is 66.8. The molecule has 5 aliphatic carbocycles. The molecular formula is C58H72N10O10. The highest BCUT2D eigenvalue weighted by Crippen LogP contribution is 2.55.